The van der Waals surface area contributed by atoms with E-state index in [4.69, 9.17) is 4.74 Å². The highest BCUT2D eigenvalue weighted by molar-refractivity contribution is 9.10. The Hall–Kier alpha value is -0.540. The summed E-state index contributed by atoms with van der Waals surface area (Å²) in [6.07, 6.45) is -0.661. The zero-order valence-electron chi connectivity index (χ0n) is 7.70. The Labute approximate surface area is 86.7 Å². The first kappa shape index (κ1) is 10.5. The second-order valence-electron chi connectivity index (χ2n) is 2.99. The maximum atomic E-state index is 9.23. The van der Waals surface area contributed by atoms with E-state index in [9.17, 15) is 5.11 Å². The second kappa shape index (κ2) is 4.63. The topological polar surface area (TPSA) is 29.5 Å². The van der Waals surface area contributed by atoms with Crippen molar-refractivity contribution in [3.8, 4) is 5.75 Å². The van der Waals surface area contributed by atoms with Gasteiger partial charge in [-0.15, -0.1) is 0 Å². The second-order valence-corrected chi connectivity index (χ2v) is 3.85. The van der Waals surface area contributed by atoms with E-state index < -0.39 is 6.10 Å². The summed E-state index contributed by atoms with van der Waals surface area (Å²) >= 11 is 3.37. The molecule has 2 nitrogen and oxygen atoms in total. The number of hydrogen-bond acceptors (Lipinski definition) is 2. The highest BCUT2D eigenvalue weighted by atomic mass is 79.9. The number of halogens is 1. The van der Waals surface area contributed by atoms with Crippen molar-refractivity contribution in [2.24, 2.45) is 0 Å². The third kappa shape index (κ3) is 3.01. The van der Waals surface area contributed by atoms with Crippen molar-refractivity contribution >= 4 is 15.9 Å². The van der Waals surface area contributed by atoms with Crippen LogP contribution in [-0.2, 0) is 0 Å². The standard InChI is InChI=1S/C10H13BrO2/c1-7(12)8(2)13-10-6-4-3-5-9(10)11/h3-8,12H,1-2H3. The average molecular weight is 245 g/mol. The Morgan fingerprint density at radius 1 is 1.31 bits per heavy atom. The van der Waals surface area contributed by atoms with E-state index in [0.29, 0.717) is 0 Å². The van der Waals surface area contributed by atoms with Crippen LogP contribution in [0.25, 0.3) is 0 Å². The molecule has 72 valence electrons. The molecule has 3 heteroatoms. The quantitative estimate of drug-likeness (QED) is 0.886. The van der Waals surface area contributed by atoms with Gasteiger partial charge in [0.15, 0.2) is 0 Å². The number of ether oxygens (including phenoxy) is 1. The van der Waals surface area contributed by atoms with Crippen molar-refractivity contribution in [1.82, 2.24) is 0 Å². The first-order valence-electron chi connectivity index (χ1n) is 4.20. The fraction of sp³-hybridized carbons (Fsp3) is 0.400. The molecule has 0 fully saturated rings. The molecule has 1 rings (SSSR count). The molecule has 1 aromatic rings. The van der Waals surface area contributed by atoms with Crippen molar-refractivity contribution in [2.75, 3.05) is 0 Å². The van der Waals surface area contributed by atoms with Gasteiger partial charge in [-0.2, -0.15) is 0 Å². The Balaban J connectivity index is 2.69. The Morgan fingerprint density at radius 2 is 1.92 bits per heavy atom. The van der Waals surface area contributed by atoms with Gasteiger partial charge in [0.1, 0.15) is 11.9 Å². The molecule has 0 heterocycles. The van der Waals surface area contributed by atoms with Gasteiger partial charge in [0.05, 0.1) is 10.6 Å². The van der Waals surface area contributed by atoms with Gasteiger partial charge in [0.2, 0.25) is 0 Å². The van der Waals surface area contributed by atoms with E-state index in [-0.39, 0.29) is 6.10 Å². The summed E-state index contributed by atoms with van der Waals surface area (Å²) < 4.78 is 6.41. The lowest BCUT2D eigenvalue weighted by atomic mass is 10.2. The third-order valence-corrected chi connectivity index (χ3v) is 2.48. The van der Waals surface area contributed by atoms with Gasteiger partial charge in [-0.25, -0.2) is 0 Å². The van der Waals surface area contributed by atoms with E-state index in [1.54, 1.807) is 6.92 Å². The Kier molecular flexibility index (Phi) is 3.75. The van der Waals surface area contributed by atoms with E-state index in [1.165, 1.54) is 0 Å². The monoisotopic (exact) mass is 244 g/mol. The molecule has 0 saturated heterocycles. The van der Waals surface area contributed by atoms with Crippen LogP contribution in [0.4, 0.5) is 0 Å². The summed E-state index contributed by atoms with van der Waals surface area (Å²) in [4.78, 5) is 0. The first-order valence-corrected chi connectivity index (χ1v) is 5.00. The molecule has 0 aliphatic carbocycles. The molecule has 0 aromatic heterocycles. The minimum absolute atomic E-state index is 0.196. The molecule has 2 unspecified atom stereocenters. The number of rotatable bonds is 3. The highest BCUT2D eigenvalue weighted by Gasteiger charge is 2.11. The van der Waals surface area contributed by atoms with Crippen molar-refractivity contribution < 1.29 is 9.84 Å². The van der Waals surface area contributed by atoms with Crippen molar-refractivity contribution in [2.45, 2.75) is 26.1 Å². The molecule has 2 atom stereocenters. The molecule has 0 aliphatic heterocycles. The zero-order chi connectivity index (χ0) is 9.84. The van der Waals surface area contributed by atoms with Crippen LogP contribution in [0.2, 0.25) is 0 Å². The molecule has 0 amide bonds. The number of aliphatic hydroxyl groups excluding tert-OH is 1. The largest absolute Gasteiger partial charge is 0.487 e. The van der Waals surface area contributed by atoms with Crippen LogP contribution < -0.4 is 4.74 Å². The lowest BCUT2D eigenvalue weighted by molar-refractivity contribution is 0.0600. The summed E-state index contributed by atoms with van der Waals surface area (Å²) in [5.74, 6) is 0.760. The smallest absolute Gasteiger partial charge is 0.134 e. The van der Waals surface area contributed by atoms with Gasteiger partial charge in [-0.05, 0) is 41.9 Å². The lowest BCUT2D eigenvalue weighted by Gasteiger charge is -2.17. The minimum atomic E-state index is -0.466. The van der Waals surface area contributed by atoms with Crippen LogP contribution in [0.5, 0.6) is 5.75 Å². The highest BCUT2D eigenvalue weighted by Crippen LogP contribution is 2.25. The predicted molar refractivity (Wildman–Crippen MR) is 55.9 cm³/mol. The third-order valence-electron chi connectivity index (χ3n) is 1.83. The van der Waals surface area contributed by atoms with Gasteiger partial charge >= 0.3 is 0 Å². The van der Waals surface area contributed by atoms with E-state index in [1.807, 2.05) is 31.2 Å². The van der Waals surface area contributed by atoms with Crippen molar-refractivity contribution in [3.05, 3.63) is 28.7 Å². The van der Waals surface area contributed by atoms with Gasteiger partial charge in [-0.1, -0.05) is 12.1 Å². The molecule has 0 radical (unpaired) electrons. The molecule has 1 N–H and O–H groups in total. The molecule has 0 saturated carbocycles. The minimum Gasteiger partial charge on any atom is -0.487 e. The molecular formula is C10H13BrO2. The van der Waals surface area contributed by atoms with Crippen LogP contribution in [0.1, 0.15) is 13.8 Å². The maximum absolute atomic E-state index is 9.23. The predicted octanol–water partition coefficient (Wildman–Crippen LogP) is 2.60. The van der Waals surface area contributed by atoms with Crippen LogP contribution in [-0.4, -0.2) is 17.3 Å². The summed E-state index contributed by atoms with van der Waals surface area (Å²) in [5, 5.41) is 9.23. The normalized spacial score (nSPS) is 15.1. The molecule has 13 heavy (non-hydrogen) atoms. The molecular weight excluding hydrogens is 232 g/mol. The fourth-order valence-electron chi connectivity index (χ4n) is 0.839. The van der Waals surface area contributed by atoms with Crippen LogP contribution in [0, 0.1) is 0 Å². The van der Waals surface area contributed by atoms with E-state index >= 15 is 0 Å². The van der Waals surface area contributed by atoms with Crippen LogP contribution in [0.15, 0.2) is 28.7 Å². The summed E-state index contributed by atoms with van der Waals surface area (Å²) in [6.45, 7) is 3.55. The van der Waals surface area contributed by atoms with Crippen molar-refractivity contribution in [1.29, 1.82) is 0 Å². The molecule has 0 aliphatic rings. The van der Waals surface area contributed by atoms with Gasteiger partial charge in [0.25, 0.3) is 0 Å². The van der Waals surface area contributed by atoms with Gasteiger partial charge < -0.3 is 9.84 Å². The maximum Gasteiger partial charge on any atom is 0.134 e. The first-order chi connectivity index (χ1) is 6.11. The average Bonchev–Trinajstić information content (AvgIpc) is 2.08. The fourth-order valence-corrected chi connectivity index (χ4v) is 1.22. The Bertz CT molecular complexity index is 273. The summed E-state index contributed by atoms with van der Waals surface area (Å²) in [5.41, 5.74) is 0. The number of benzene rings is 1. The van der Waals surface area contributed by atoms with E-state index in [0.717, 1.165) is 10.2 Å². The molecule has 0 spiro atoms. The summed E-state index contributed by atoms with van der Waals surface area (Å²) in [6, 6.07) is 7.59. The van der Waals surface area contributed by atoms with E-state index in [2.05, 4.69) is 15.9 Å². The SMILES string of the molecule is CC(O)C(C)Oc1ccccc1Br. The van der Waals surface area contributed by atoms with Crippen molar-refractivity contribution in [3.63, 3.8) is 0 Å². The number of aliphatic hydroxyl groups is 1. The number of para-hydroxylation sites is 1. The van der Waals surface area contributed by atoms with Crippen LogP contribution >= 0.6 is 15.9 Å². The van der Waals surface area contributed by atoms with Gasteiger partial charge in [-0.3, -0.25) is 0 Å². The Morgan fingerprint density at radius 3 is 2.46 bits per heavy atom. The lowest BCUT2D eigenvalue weighted by Crippen LogP contribution is -2.25. The zero-order valence-corrected chi connectivity index (χ0v) is 9.28. The summed E-state index contributed by atoms with van der Waals surface area (Å²) in [7, 11) is 0. The molecule has 1 aromatic carbocycles. The van der Waals surface area contributed by atoms with Gasteiger partial charge in [0, 0.05) is 0 Å². The molecule has 0 bridgehead atoms. The van der Waals surface area contributed by atoms with Crippen LogP contribution in [0.3, 0.4) is 0 Å². The number of hydrogen-bond donors (Lipinski definition) is 1.